The van der Waals surface area contributed by atoms with Gasteiger partial charge in [0.05, 0.1) is 10.7 Å². The van der Waals surface area contributed by atoms with Crippen molar-refractivity contribution < 1.29 is 0 Å². The van der Waals surface area contributed by atoms with E-state index >= 15 is 0 Å². The second kappa shape index (κ2) is 7.25. The average molecular weight is 266 g/mol. The quantitative estimate of drug-likeness (QED) is 0.843. The van der Waals surface area contributed by atoms with E-state index in [4.69, 9.17) is 0 Å². The van der Waals surface area contributed by atoms with Gasteiger partial charge in [-0.15, -0.1) is 11.3 Å². The lowest BCUT2D eigenvalue weighted by Crippen LogP contribution is -2.39. The SMILES string of the molecule is CCCNC(Cc1csc(C)n1)C1CCCCC1. The highest BCUT2D eigenvalue weighted by Gasteiger charge is 2.23. The molecule has 2 nitrogen and oxygen atoms in total. The maximum absolute atomic E-state index is 4.63. The Balaban J connectivity index is 1.94. The van der Waals surface area contributed by atoms with Gasteiger partial charge in [0.1, 0.15) is 0 Å². The fourth-order valence-electron chi connectivity index (χ4n) is 3.00. The van der Waals surface area contributed by atoms with Crippen molar-refractivity contribution in [3.8, 4) is 0 Å². The van der Waals surface area contributed by atoms with E-state index in [0.717, 1.165) is 18.9 Å². The Morgan fingerprint density at radius 3 is 2.78 bits per heavy atom. The average Bonchev–Trinajstić information content (AvgIpc) is 2.81. The van der Waals surface area contributed by atoms with Gasteiger partial charge >= 0.3 is 0 Å². The van der Waals surface area contributed by atoms with Crippen LogP contribution in [0, 0.1) is 12.8 Å². The van der Waals surface area contributed by atoms with E-state index in [9.17, 15) is 0 Å². The minimum Gasteiger partial charge on any atom is -0.313 e. The van der Waals surface area contributed by atoms with Crippen molar-refractivity contribution in [1.29, 1.82) is 0 Å². The molecule has 0 aromatic carbocycles. The third kappa shape index (κ3) is 4.06. The molecule has 102 valence electrons. The van der Waals surface area contributed by atoms with Crippen LogP contribution in [-0.2, 0) is 6.42 Å². The van der Waals surface area contributed by atoms with E-state index in [0.29, 0.717) is 6.04 Å². The molecule has 1 heterocycles. The molecule has 1 aliphatic rings. The Bertz CT molecular complexity index is 342. The van der Waals surface area contributed by atoms with Crippen LogP contribution in [0.2, 0.25) is 0 Å². The second-order valence-electron chi connectivity index (χ2n) is 5.52. The second-order valence-corrected chi connectivity index (χ2v) is 6.58. The summed E-state index contributed by atoms with van der Waals surface area (Å²) >= 11 is 1.78. The lowest BCUT2D eigenvalue weighted by molar-refractivity contribution is 0.266. The highest BCUT2D eigenvalue weighted by molar-refractivity contribution is 7.09. The van der Waals surface area contributed by atoms with Gasteiger partial charge in [-0.1, -0.05) is 26.2 Å². The van der Waals surface area contributed by atoms with Crippen molar-refractivity contribution in [2.75, 3.05) is 6.54 Å². The lowest BCUT2D eigenvalue weighted by atomic mass is 9.82. The number of aromatic nitrogens is 1. The number of aryl methyl sites for hydroxylation is 1. The predicted molar refractivity (Wildman–Crippen MR) is 79.2 cm³/mol. The molecule has 1 aromatic rings. The van der Waals surface area contributed by atoms with Crippen LogP contribution in [-0.4, -0.2) is 17.6 Å². The first-order valence-electron chi connectivity index (χ1n) is 7.44. The zero-order valence-corrected chi connectivity index (χ0v) is 12.6. The van der Waals surface area contributed by atoms with Crippen molar-refractivity contribution in [3.05, 3.63) is 16.1 Å². The summed E-state index contributed by atoms with van der Waals surface area (Å²) in [4.78, 5) is 4.63. The number of rotatable bonds is 6. The van der Waals surface area contributed by atoms with Crippen LogP contribution in [0.15, 0.2) is 5.38 Å². The minimum absolute atomic E-state index is 0.645. The van der Waals surface area contributed by atoms with Crippen LogP contribution in [0.4, 0.5) is 0 Å². The van der Waals surface area contributed by atoms with Crippen molar-refractivity contribution in [1.82, 2.24) is 10.3 Å². The molecule has 1 unspecified atom stereocenters. The molecule has 3 heteroatoms. The fourth-order valence-corrected chi connectivity index (χ4v) is 3.62. The van der Waals surface area contributed by atoms with E-state index in [-0.39, 0.29) is 0 Å². The maximum Gasteiger partial charge on any atom is 0.0897 e. The summed E-state index contributed by atoms with van der Waals surface area (Å²) in [5.74, 6) is 0.868. The fraction of sp³-hybridized carbons (Fsp3) is 0.800. The summed E-state index contributed by atoms with van der Waals surface area (Å²) in [6.45, 7) is 5.49. The number of hydrogen-bond acceptors (Lipinski definition) is 3. The Morgan fingerprint density at radius 1 is 1.39 bits per heavy atom. The zero-order chi connectivity index (χ0) is 12.8. The predicted octanol–water partition coefficient (Wildman–Crippen LogP) is 3.94. The Morgan fingerprint density at radius 2 is 2.17 bits per heavy atom. The van der Waals surface area contributed by atoms with Crippen LogP contribution in [0.3, 0.4) is 0 Å². The molecule has 1 aromatic heterocycles. The summed E-state index contributed by atoms with van der Waals surface area (Å²) in [6.07, 6.45) is 9.44. The topological polar surface area (TPSA) is 24.9 Å². The van der Waals surface area contributed by atoms with Gasteiger partial charge in [0, 0.05) is 17.8 Å². The molecule has 1 N–H and O–H groups in total. The molecule has 1 fully saturated rings. The Labute approximate surface area is 115 Å². The first-order valence-corrected chi connectivity index (χ1v) is 8.32. The van der Waals surface area contributed by atoms with E-state index in [2.05, 4.69) is 29.5 Å². The molecule has 0 saturated heterocycles. The van der Waals surface area contributed by atoms with Crippen LogP contribution in [0.1, 0.15) is 56.2 Å². The molecular formula is C15H26N2S. The summed E-state index contributed by atoms with van der Waals surface area (Å²) < 4.78 is 0. The van der Waals surface area contributed by atoms with Gasteiger partial charge in [0.25, 0.3) is 0 Å². The summed E-state index contributed by atoms with van der Waals surface area (Å²) in [5, 5.41) is 7.19. The summed E-state index contributed by atoms with van der Waals surface area (Å²) in [5.41, 5.74) is 1.29. The normalized spacial score (nSPS) is 19.0. The van der Waals surface area contributed by atoms with Crippen LogP contribution in [0.5, 0.6) is 0 Å². The van der Waals surface area contributed by atoms with Crippen molar-refractivity contribution >= 4 is 11.3 Å². The largest absolute Gasteiger partial charge is 0.313 e. The summed E-state index contributed by atoms with van der Waals surface area (Å²) in [7, 11) is 0. The van der Waals surface area contributed by atoms with E-state index in [1.807, 2.05) is 0 Å². The molecule has 0 bridgehead atoms. The van der Waals surface area contributed by atoms with Gasteiger partial charge in [-0.25, -0.2) is 4.98 Å². The van der Waals surface area contributed by atoms with Crippen LogP contribution >= 0.6 is 11.3 Å². The molecule has 0 aliphatic heterocycles. The van der Waals surface area contributed by atoms with Crippen LogP contribution < -0.4 is 5.32 Å². The first-order chi connectivity index (χ1) is 8.79. The molecule has 18 heavy (non-hydrogen) atoms. The van der Waals surface area contributed by atoms with E-state index < -0.39 is 0 Å². The molecule has 1 atom stereocenters. The zero-order valence-electron chi connectivity index (χ0n) is 11.7. The molecule has 1 saturated carbocycles. The highest BCUT2D eigenvalue weighted by atomic mass is 32.1. The van der Waals surface area contributed by atoms with Gasteiger partial charge in [0.2, 0.25) is 0 Å². The minimum atomic E-state index is 0.645. The highest BCUT2D eigenvalue weighted by Crippen LogP contribution is 2.28. The van der Waals surface area contributed by atoms with Gasteiger partial charge in [0.15, 0.2) is 0 Å². The van der Waals surface area contributed by atoms with Crippen molar-refractivity contribution in [2.45, 2.75) is 64.8 Å². The Kier molecular flexibility index (Phi) is 5.64. The molecule has 0 amide bonds. The monoisotopic (exact) mass is 266 g/mol. The standard InChI is InChI=1S/C15H26N2S/c1-3-9-16-15(13-7-5-4-6-8-13)10-14-11-18-12(2)17-14/h11,13,15-16H,3-10H2,1-2H3. The van der Waals surface area contributed by atoms with Gasteiger partial charge in [-0.05, 0) is 38.6 Å². The summed E-state index contributed by atoms with van der Waals surface area (Å²) in [6, 6.07) is 0.645. The molecule has 1 aliphatic carbocycles. The van der Waals surface area contributed by atoms with Crippen molar-refractivity contribution in [2.24, 2.45) is 5.92 Å². The third-order valence-electron chi connectivity index (χ3n) is 3.97. The maximum atomic E-state index is 4.63. The third-order valence-corrected chi connectivity index (χ3v) is 4.79. The number of nitrogens with zero attached hydrogens (tertiary/aromatic N) is 1. The smallest absolute Gasteiger partial charge is 0.0897 e. The van der Waals surface area contributed by atoms with Crippen LogP contribution in [0.25, 0.3) is 0 Å². The molecule has 0 spiro atoms. The van der Waals surface area contributed by atoms with E-state index in [1.54, 1.807) is 11.3 Å². The molecular weight excluding hydrogens is 240 g/mol. The van der Waals surface area contributed by atoms with Gasteiger partial charge in [-0.2, -0.15) is 0 Å². The number of thiazole rings is 1. The van der Waals surface area contributed by atoms with Gasteiger partial charge in [-0.3, -0.25) is 0 Å². The Hall–Kier alpha value is -0.410. The number of nitrogens with one attached hydrogen (secondary N) is 1. The van der Waals surface area contributed by atoms with Gasteiger partial charge < -0.3 is 5.32 Å². The number of hydrogen-bond donors (Lipinski definition) is 1. The molecule has 2 rings (SSSR count). The lowest BCUT2D eigenvalue weighted by Gasteiger charge is -2.30. The molecule has 0 radical (unpaired) electrons. The van der Waals surface area contributed by atoms with Crippen molar-refractivity contribution in [3.63, 3.8) is 0 Å². The first kappa shape index (κ1) is 14.0. The van der Waals surface area contributed by atoms with E-state index in [1.165, 1.54) is 49.2 Å².